The second-order valence-corrected chi connectivity index (χ2v) is 10.4. The van der Waals surface area contributed by atoms with Gasteiger partial charge >= 0.3 is 6.03 Å². The van der Waals surface area contributed by atoms with E-state index < -0.39 is 16.1 Å². The summed E-state index contributed by atoms with van der Waals surface area (Å²) in [6.45, 7) is 4.01. The molecule has 7 heteroatoms. The van der Waals surface area contributed by atoms with Gasteiger partial charge in [0.05, 0.1) is 5.75 Å². The fraction of sp³-hybridized carbons (Fsp3) is 0.650. The molecule has 0 saturated heterocycles. The molecule has 1 fully saturated rings. The van der Waals surface area contributed by atoms with Gasteiger partial charge in [-0.1, -0.05) is 19.9 Å². The minimum absolute atomic E-state index is 0.0589. The topological polar surface area (TPSA) is 87.3 Å². The summed E-state index contributed by atoms with van der Waals surface area (Å²) in [6, 6.07) is 1.87. The molecule has 0 bridgehead atoms. The summed E-state index contributed by atoms with van der Waals surface area (Å²) in [5.74, 6) is -0.0589. The predicted octanol–water partition coefficient (Wildman–Crippen LogP) is 2.65. The van der Waals surface area contributed by atoms with Gasteiger partial charge in [0, 0.05) is 17.3 Å². The van der Waals surface area contributed by atoms with E-state index in [1.54, 1.807) is 0 Å². The fourth-order valence-electron chi connectivity index (χ4n) is 4.74. The summed E-state index contributed by atoms with van der Waals surface area (Å²) >= 11 is 0. The molecule has 0 heterocycles. The molecule has 0 aliphatic heterocycles. The van der Waals surface area contributed by atoms with E-state index in [-0.39, 0.29) is 17.3 Å². The SMILES string of the molecule is CC(C)NC1(CS(=O)(=O)NC(=O)Nc2c3c(cc4c2CCC4)CCC3)CC1. The van der Waals surface area contributed by atoms with E-state index in [0.29, 0.717) is 0 Å². The third-order valence-electron chi connectivity index (χ3n) is 5.87. The highest BCUT2D eigenvalue weighted by atomic mass is 32.2. The highest BCUT2D eigenvalue weighted by Gasteiger charge is 2.46. The number of amides is 2. The molecule has 2 amide bonds. The fourth-order valence-corrected chi connectivity index (χ4v) is 6.25. The van der Waals surface area contributed by atoms with Crippen LogP contribution in [-0.2, 0) is 35.7 Å². The molecule has 4 rings (SSSR count). The molecule has 3 aliphatic rings. The Kier molecular flexibility index (Phi) is 4.71. The van der Waals surface area contributed by atoms with Gasteiger partial charge in [0.1, 0.15) is 0 Å². The van der Waals surface area contributed by atoms with Crippen molar-refractivity contribution in [3.8, 4) is 0 Å². The van der Waals surface area contributed by atoms with Crippen LogP contribution in [-0.4, -0.2) is 31.8 Å². The number of hydrogen-bond acceptors (Lipinski definition) is 4. The quantitative estimate of drug-likeness (QED) is 0.696. The normalized spacial score (nSPS) is 19.7. The Balaban J connectivity index is 1.48. The van der Waals surface area contributed by atoms with Crippen LogP contribution in [0, 0.1) is 0 Å². The molecule has 3 aliphatic carbocycles. The number of hydrogen-bond donors (Lipinski definition) is 3. The van der Waals surface area contributed by atoms with Crippen LogP contribution < -0.4 is 15.4 Å². The Morgan fingerprint density at radius 2 is 1.67 bits per heavy atom. The van der Waals surface area contributed by atoms with Gasteiger partial charge in [0.25, 0.3) is 0 Å². The van der Waals surface area contributed by atoms with Crippen LogP contribution in [0.2, 0.25) is 0 Å². The molecule has 0 radical (unpaired) electrons. The van der Waals surface area contributed by atoms with Gasteiger partial charge in [-0.15, -0.1) is 0 Å². The first-order valence-corrected chi connectivity index (χ1v) is 11.7. The summed E-state index contributed by atoms with van der Waals surface area (Å²) < 4.78 is 27.3. The Morgan fingerprint density at radius 1 is 1.07 bits per heavy atom. The first-order valence-electron chi connectivity index (χ1n) is 10.0. The van der Waals surface area contributed by atoms with Crippen molar-refractivity contribution >= 4 is 21.7 Å². The maximum absolute atomic E-state index is 12.5. The summed E-state index contributed by atoms with van der Waals surface area (Å²) in [7, 11) is -3.69. The van der Waals surface area contributed by atoms with Gasteiger partial charge in [0.15, 0.2) is 0 Å². The van der Waals surface area contributed by atoms with E-state index in [0.717, 1.165) is 57.1 Å². The number of fused-ring (bicyclic) bond motifs is 2. The molecule has 0 spiro atoms. The van der Waals surface area contributed by atoms with Crippen molar-refractivity contribution < 1.29 is 13.2 Å². The van der Waals surface area contributed by atoms with Gasteiger partial charge in [-0.05, 0) is 73.6 Å². The summed E-state index contributed by atoms with van der Waals surface area (Å²) in [6.07, 6.45) is 7.83. The zero-order valence-corrected chi connectivity index (χ0v) is 17.0. The minimum Gasteiger partial charge on any atom is -0.308 e. The van der Waals surface area contributed by atoms with Gasteiger partial charge < -0.3 is 10.6 Å². The van der Waals surface area contributed by atoms with Crippen molar-refractivity contribution in [1.29, 1.82) is 0 Å². The average molecular weight is 392 g/mol. The maximum atomic E-state index is 12.5. The van der Waals surface area contributed by atoms with E-state index >= 15 is 0 Å². The van der Waals surface area contributed by atoms with E-state index in [9.17, 15) is 13.2 Å². The lowest BCUT2D eigenvalue weighted by molar-refractivity contribution is 0.256. The van der Waals surface area contributed by atoms with Gasteiger partial charge in [-0.2, -0.15) is 0 Å². The first-order chi connectivity index (χ1) is 12.8. The molecular weight excluding hydrogens is 362 g/mol. The largest absolute Gasteiger partial charge is 0.332 e. The van der Waals surface area contributed by atoms with Gasteiger partial charge in [-0.3, -0.25) is 0 Å². The number of aryl methyl sites for hydroxylation is 2. The van der Waals surface area contributed by atoms with E-state index in [2.05, 4.69) is 21.4 Å². The monoisotopic (exact) mass is 391 g/mol. The molecule has 27 heavy (non-hydrogen) atoms. The second-order valence-electron chi connectivity index (χ2n) is 8.63. The smallest absolute Gasteiger partial charge is 0.308 e. The molecule has 6 nitrogen and oxygen atoms in total. The number of nitrogens with one attached hydrogen (secondary N) is 3. The first kappa shape index (κ1) is 18.7. The molecule has 1 aromatic carbocycles. The van der Waals surface area contributed by atoms with Gasteiger partial charge in [-0.25, -0.2) is 17.9 Å². The lowest BCUT2D eigenvalue weighted by atomic mass is 9.99. The van der Waals surface area contributed by atoms with Crippen molar-refractivity contribution in [1.82, 2.24) is 10.0 Å². The van der Waals surface area contributed by atoms with E-state index in [1.807, 2.05) is 13.8 Å². The number of rotatable bonds is 6. The lowest BCUT2D eigenvalue weighted by Crippen LogP contribution is -2.46. The number of carbonyl (C=O) groups excluding carboxylic acids is 1. The average Bonchev–Trinajstić information content (AvgIpc) is 2.99. The molecule has 1 saturated carbocycles. The van der Waals surface area contributed by atoms with E-state index in [4.69, 9.17) is 0 Å². The number of urea groups is 1. The Bertz CT molecular complexity index is 841. The van der Waals surface area contributed by atoms with Crippen LogP contribution in [0.15, 0.2) is 6.07 Å². The highest BCUT2D eigenvalue weighted by molar-refractivity contribution is 7.90. The summed E-state index contributed by atoms with van der Waals surface area (Å²) in [5, 5.41) is 6.22. The number of benzene rings is 1. The van der Waals surface area contributed by atoms with Crippen molar-refractivity contribution in [2.75, 3.05) is 11.1 Å². The number of sulfonamides is 1. The molecule has 1 aromatic rings. The third-order valence-corrected chi connectivity index (χ3v) is 7.30. The van der Waals surface area contributed by atoms with E-state index in [1.165, 1.54) is 22.3 Å². The van der Waals surface area contributed by atoms with Crippen LogP contribution in [0.1, 0.15) is 61.8 Å². The van der Waals surface area contributed by atoms with Crippen LogP contribution in [0.4, 0.5) is 10.5 Å². The van der Waals surface area contributed by atoms with Crippen molar-refractivity contribution in [2.45, 2.75) is 76.8 Å². The molecule has 0 atom stereocenters. The molecule has 148 valence electrons. The zero-order chi connectivity index (χ0) is 19.2. The van der Waals surface area contributed by atoms with Crippen molar-refractivity contribution in [3.63, 3.8) is 0 Å². The maximum Gasteiger partial charge on any atom is 0.332 e. The number of anilines is 1. The number of carbonyl (C=O) groups is 1. The zero-order valence-electron chi connectivity index (χ0n) is 16.2. The van der Waals surface area contributed by atoms with Crippen LogP contribution in [0.25, 0.3) is 0 Å². The Morgan fingerprint density at radius 3 is 2.19 bits per heavy atom. The molecule has 3 N–H and O–H groups in total. The minimum atomic E-state index is -3.69. The molecular formula is C20H29N3O3S. The van der Waals surface area contributed by atoms with Gasteiger partial charge in [0.2, 0.25) is 10.0 Å². The predicted molar refractivity (Wildman–Crippen MR) is 107 cm³/mol. The Hall–Kier alpha value is -1.60. The van der Waals surface area contributed by atoms with Crippen LogP contribution >= 0.6 is 0 Å². The second kappa shape index (κ2) is 6.78. The standard InChI is InChI=1S/C20H29N3O3S/c1-13(2)22-20(9-10-20)12-27(25,26)23-19(24)21-18-16-7-3-5-14(16)11-15-6-4-8-17(15)18/h11,13,22H,3-10,12H2,1-2H3,(H2,21,23,24). The molecule has 0 aromatic heterocycles. The third kappa shape index (κ3) is 3.99. The Labute approximate surface area is 161 Å². The molecule has 0 unspecified atom stereocenters. The highest BCUT2D eigenvalue weighted by Crippen LogP contribution is 2.39. The van der Waals surface area contributed by atoms with Crippen LogP contribution in [0.5, 0.6) is 0 Å². The summed E-state index contributed by atoms with van der Waals surface area (Å²) in [4.78, 5) is 12.5. The van der Waals surface area contributed by atoms with Crippen molar-refractivity contribution in [2.24, 2.45) is 0 Å². The lowest BCUT2D eigenvalue weighted by Gasteiger charge is -2.21. The van der Waals surface area contributed by atoms with Crippen LogP contribution in [0.3, 0.4) is 0 Å². The van der Waals surface area contributed by atoms with Crippen molar-refractivity contribution in [3.05, 3.63) is 28.3 Å². The summed E-state index contributed by atoms with van der Waals surface area (Å²) in [5.41, 5.74) is 5.51.